The van der Waals surface area contributed by atoms with Crippen LogP contribution in [0.3, 0.4) is 0 Å². The molecule has 180 valence electrons. The third-order valence-corrected chi connectivity index (χ3v) is 7.03. The number of nitrogens with zero attached hydrogens (tertiary/aromatic N) is 1. The van der Waals surface area contributed by atoms with Crippen molar-refractivity contribution in [3.63, 3.8) is 0 Å². The van der Waals surface area contributed by atoms with Crippen molar-refractivity contribution in [2.45, 2.75) is 37.7 Å². The summed E-state index contributed by atoms with van der Waals surface area (Å²) in [5.41, 5.74) is 1.51. The molecule has 0 saturated carbocycles. The number of halogens is 1. The Labute approximate surface area is 206 Å². The molecule has 6 nitrogen and oxygen atoms in total. The van der Waals surface area contributed by atoms with Gasteiger partial charge >= 0.3 is 0 Å². The molecule has 1 N–H and O–H groups in total. The van der Waals surface area contributed by atoms with Gasteiger partial charge in [-0.05, 0) is 80.8 Å². The van der Waals surface area contributed by atoms with Gasteiger partial charge in [0.15, 0.2) is 0 Å². The Bertz CT molecular complexity index is 1170. The summed E-state index contributed by atoms with van der Waals surface area (Å²) in [5.74, 6) is 0.448. The largest absolute Gasteiger partial charge is 0.491 e. The Morgan fingerprint density at radius 1 is 0.971 bits per heavy atom. The van der Waals surface area contributed by atoms with E-state index in [0.717, 1.165) is 28.5 Å². The number of benzene rings is 3. The van der Waals surface area contributed by atoms with Gasteiger partial charge in [-0.2, -0.15) is 0 Å². The molecule has 0 unspecified atom stereocenters. The zero-order valence-corrected chi connectivity index (χ0v) is 20.9. The maximum Gasteiger partial charge on any atom is 0.264 e. The number of amides is 1. The Morgan fingerprint density at radius 2 is 1.62 bits per heavy atom. The van der Waals surface area contributed by atoms with Crippen molar-refractivity contribution in [1.82, 2.24) is 5.32 Å². The maximum absolute atomic E-state index is 13.3. The van der Waals surface area contributed by atoms with E-state index >= 15 is 0 Å². The summed E-state index contributed by atoms with van der Waals surface area (Å²) in [7, 11) is -3.93. The quantitative estimate of drug-likeness (QED) is 0.373. The van der Waals surface area contributed by atoms with Crippen molar-refractivity contribution >= 4 is 33.2 Å². The lowest BCUT2D eigenvalue weighted by Gasteiger charge is -2.24. The summed E-state index contributed by atoms with van der Waals surface area (Å²) < 4.78 is 33.3. The highest BCUT2D eigenvalue weighted by molar-refractivity contribution is 7.92. The summed E-state index contributed by atoms with van der Waals surface area (Å²) in [6, 6.07) is 22.3. The van der Waals surface area contributed by atoms with Crippen LogP contribution in [0.4, 0.5) is 5.69 Å². The summed E-state index contributed by atoms with van der Waals surface area (Å²) in [4.78, 5) is 12.8. The molecular formula is C26H29ClN2O4S. The normalized spacial score (nSPS) is 11.3. The second kappa shape index (κ2) is 11.9. The number of carbonyl (C=O) groups excluding carboxylic acids is 1. The van der Waals surface area contributed by atoms with Gasteiger partial charge in [0.1, 0.15) is 12.3 Å². The van der Waals surface area contributed by atoms with Crippen molar-refractivity contribution in [1.29, 1.82) is 0 Å². The molecule has 0 saturated heterocycles. The lowest BCUT2D eigenvalue weighted by atomic mass is 10.1. The third-order valence-electron chi connectivity index (χ3n) is 4.99. The number of nitrogens with one attached hydrogen (secondary N) is 1. The molecule has 1 amide bonds. The smallest absolute Gasteiger partial charge is 0.264 e. The molecule has 0 aliphatic heterocycles. The number of carbonyl (C=O) groups is 1. The second-order valence-electron chi connectivity index (χ2n) is 8.07. The zero-order valence-electron chi connectivity index (χ0n) is 19.3. The molecule has 0 heterocycles. The number of rotatable bonds is 11. The van der Waals surface area contributed by atoms with E-state index in [1.165, 1.54) is 12.1 Å². The van der Waals surface area contributed by atoms with Crippen molar-refractivity contribution in [3.05, 3.63) is 89.4 Å². The van der Waals surface area contributed by atoms with Gasteiger partial charge in [0.2, 0.25) is 5.91 Å². The van der Waals surface area contributed by atoms with Crippen LogP contribution in [0.1, 0.15) is 25.8 Å². The molecule has 3 rings (SSSR count). The van der Waals surface area contributed by atoms with E-state index < -0.39 is 10.0 Å². The monoisotopic (exact) mass is 500 g/mol. The molecule has 3 aromatic carbocycles. The van der Waals surface area contributed by atoms with Gasteiger partial charge in [-0.3, -0.25) is 9.10 Å². The van der Waals surface area contributed by atoms with Gasteiger partial charge in [0.25, 0.3) is 10.0 Å². The maximum atomic E-state index is 13.3. The fourth-order valence-corrected chi connectivity index (χ4v) is 4.92. The van der Waals surface area contributed by atoms with Gasteiger partial charge in [0.05, 0.1) is 16.7 Å². The Hall–Kier alpha value is -3.03. The fourth-order valence-electron chi connectivity index (χ4n) is 3.36. The van der Waals surface area contributed by atoms with Crippen LogP contribution in [0.5, 0.6) is 5.75 Å². The van der Waals surface area contributed by atoms with E-state index in [0.29, 0.717) is 17.3 Å². The average molecular weight is 501 g/mol. The van der Waals surface area contributed by atoms with Gasteiger partial charge < -0.3 is 10.1 Å². The molecule has 0 aliphatic rings. The first-order valence-corrected chi connectivity index (χ1v) is 12.9. The van der Waals surface area contributed by atoms with Crippen molar-refractivity contribution in [2.75, 3.05) is 17.4 Å². The van der Waals surface area contributed by atoms with Gasteiger partial charge in [0, 0.05) is 11.6 Å². The summed E-state index contributed by atoms with van der Waals surface area (Å²) in [5, 5.41) is 3.31. The number of hydrogen-bond acceptors (Lipinski definition) is 4. The van der Waals surface area contributed by atoms with Gasteiger partial charge in [-0.25, -0.2) is 8.42 Å². The van der Waals surface area contributed by atoms with Gasteiger partial charge in [-0.15, -0.1) is 0 Å². The highest BCUT2D eigenvalue weighted by Gasteiger charge is 2.27. The lowest BCUT2D eigenvalue weighted by molar-refractivity contribution is -0.119. The number of hydrogen-bond donors (Lipinski definition) is 1. The van der Waals surface area contributed by atoms with Crippen molar-refractivity contribution in [2.24, 2.45) is 0 Å². The molecule has 0 bridgehead atoms. The van der Waals surface area contributed by atoms with Gasteiger partial charge in [-0.1, -0.05) is 41.9 Å². The summed E-state index contributed by atoms with van der Waals surface area (Å²) in [6.07, 6.45) is 1.63. The predicted molar refractivity (Wildman–Crippen MR) is 136 cm³/mol. The first kappa shape index (κ1) is 25.6. The molecule has 34 heavy (non-hydrogen) atoms. The van der Waals surface area contributed by atoms with E-state index in [-0.39, 0.29) is 23.5 Å². The minimum Gasteiger partial charge on any atom is -0.491 e. The summed E-state index contributed by atoms with van der Waals surface area (Å²) in [6.45, 7) is 4.06. The molecule has 0 spiro atoms. The molecular weight excluding hydrogens is 472 g/mol. The SMILES string of the molecule is CC(C)Oc1ccc(CCCNC(=O)CN(c2ccc(Cl)cc2)S(=O)(=O)c2ccccc2)cc1. The van der Waals surface area contributed by atoms with Crippen molar-refractivity contribution in [3.8, 4) is 5.75 Å². The van der Waals surface area contributed by atoms with Crippen LogP contribution < -0.4 is 14.4 Å². The van der Waals surface area contributed by atoms with Crippen LogP contribution in [0, 0.1) is 0 Å². The van der Waals surface area contributed by atoms with E-state index in [9.17, 15) is 13.2 Å². The average Bonchev–Trinajstić information content (AvgIpc) is 2.82. The zero-order chi connectivity index (χ0) is 24.6. The van der Waals surface area contributed by atoms with E-state index in [4.69, 9.17) is 16.3 Å². The van der Waals surface area contributed by atoms with Crippen LogP contribution in [0.15, 0.2) is 83.8 Å². The Morgan fingerprint density at radius 3 is 2.24 bits per heavy atom. The molecule has 0 aromatic heterocycles. The molecule has 0 fully saturated rings. The van der Waals surface area contributed by atoms with Crippen LogP contribution in [-0.2, 0) is 21.2 Å². The number of anilines is 1. The fraction of sp³-hybridized carbons (Fsp3) is 0.269. The number of aryl methyl sites for hydroxylation is 1. The highest BCUT2D eigenvalue weighted by atomic mass is 35.5. The minimum atomic E-state index is -3.93. The standard InChI is InChI=1S/C26H29ClN2O4S/c1-20(2)33-24-16-10-21(11-17-24)7-6-18-28-26(30)19-29(23-14-12-22(27)13-15-23)34(31,32)25-8-4-3-5-9-25/h3-5,8-17,20H,6-7,18-19H2,1-2H3,(H,28,30). The molecule has 8 heteroatoms. The number of sulfonamides is 1. The molecule has 0 atom stereocenters. The minimum absolute atomic E-state index is 0.114. The van der Waals surface area contributed by atoms with E-state index in [2.05, 4.69) is 5.32 Å². The van der Waals surface area contributed by atoms with E-state index in [1.54, 1.807) is 42.5 Å². The second-order valence-corrected chi connectivity index (χ2v) is 10.4. The van der Waals surface area contributed by atoms with E-state index in [1.807, 2.05) is 38.1 Å². The topological polar surface area (TPSA) is 75.7 Å². The molecule has 0 radical (unpaired) electrons. The first-order chi connectivity index (χ1) is 16.3. The molecule has 3 aromatic rings. The first-order valence-electron chi connectivity index (χ1n) is 11.1. The van der Waals surface area contributed by atoms with Crippen LogP contribution in [0.2, 0.25) is 5.02 Å². The number of ether oxygens (including phenoxy) is 1. The summed E-state index contributed by atoms with van der Waals surface area (Å²) >= 11 is 5.96. The van der Waals surface area contributed by atoms with Crippen LogP contribution >= 0.6 is 11.6 Å². The van der Waals surface area contributed by atoms with Crippen LogP contribution in [-0.4, -0.2) is 33.5 Å². The van der Waals surface area contributed by atoms with Crippen LogP contribution in [0.25, 0.3) is 0 Å². The van der Waals surface area contributed by atoms with Crippen molar-refractivity contribution < 1.29 is 17.9 Å². The molecule has 0 aliphatic carbocycles. The highest BCUT2D eigenvalue weighted by Crippen LogP contribution is 2.25. The Balaban J connectivity index is 1.60. The third kappa shape index (κ3) is 7.23. The predicted octanol–water partition coefficient (Wildman–Crippen LogP) is 5.07. The Kier molecular flexibility index (Phi) is 8.96. The lowest BCUT2D eigenvalue weighted by Crippen LogP contribution is -2.41.